The lowest BCUT2D eigenvalue weighted by Gasteiger charge is -2.33. The minimum absolute atomic E-state index is 0.140. The number of hydrogen-bond donors (Lipinski definition) is 1. The third kappa shape index (κ3) is 5.81. The molecule has 2 aliphatic rings. The number of carbonyl (C=O) groups excluding carboxylic acids is 2. The van der Waals surface area contributed by atoms with Crippen molar-refractivity contribution in [2.45, 2.75) is 57.0 Å². The van der Waals surface area contributed by atoms with E-state index < -0.39 is 11.4 Å². The van der Waals surface area contributed by atoms with E-state index in [1.807, 2.05) is 31.2 Å². The molecule has 0 aromatic heterocycles. The number of nitrogens with zero attached hydrogens (tertiary/aromatic N) is 2. The Morgan fingerprint density at radius 2 is 1.97 bits per heavy atom. The quantitative estimate of drug-likeness (QED) is 0.577. The van der Waals surface area contributed by atoms with Crippen LogP contribution >= 0.6 is 11.8 Å². The van der Waals surface area contributed by atoms with Crippen molar-refractivity contribution in [2.24, 2.45) is 0 Å². The summed E-state index contributed by atoms with van der Waals surface area (Å²) in [5.41, 5.74) is 2.22. The maximum absolute atomic E-state index is 14.0. The molecule has 2 aromatic rings. The molecule has 2 heterocycles. The fourth-order valence-electron chi connectivity index (χ4n) is 4.90. The topological polar surface area (TPSA) is 52.7 Å². The molecule has 1 N–H and O–H groups in total. The minimum atomic E-state index is -0.597. The molecule has 2 aliphatic heterocycles. The Balaban J connectivity index is 1.46. The summed E-state index contributed by atoms with van der Waals surface area (Å²) in [5.74, 6) is -0.210. The molecular formula is C27H34FN3O2S. The van der Waals surface area contributed by atoms with Crippen LogP contribution in [0.3, 0.4) is 0 Å². The van der Waals surface area contributed by atoms with Crippen LogP contribution in [0, 0.1) is 12.7 Å². The highest BCUT2D eigenvalue weighted by molar-refractivity contribution is 7.99. The summed E-state index contributed by atoms with van der Waals surface area (Å²) in [6, 6.07) is 13.7. The smallest absolute Gasteiger partial charge is 0.255 e. The molecule has 0 aliphatic carbocycles. The number of rotatable bonds is 7. The zero-order valence-corrected chi connectivity index (χ0v) is 20.8. The molecule has 0 saturated carbocycles. The fourth-order valence-corrected chi connectivity index (χ4v) is 6.32. The average Bonchev–Trinajstić information content (AvgIpc) is 3.27. The Labute approximate surface area is 206 Å². The molecular weight excluding hydrogens is 449 g/mol. The van der Waals surface area contributed by atoms with Crippen LogP contribution in [0.15, 0.2) is 48.5 Å². The van der Waals surface area contributed by atoms with Gasteiger partial charge in [-0.15, -0.1) is 11.8 Å². The van der Waals surface area contributed by atoms with E-state index in [4.69, 9.17) is 0 Å². The van der Waals surface area contributed by atoms with E-state index in [2.05, 4.69) is 17.1 Å². The number of aryl methyl sites for hydroxylation is 1. The predicted octanol–water partition coefficient (Wildman–Crippen LogP) is 4.77. The number of likely N-dealkylation sites (tertiary alicyclic amines) is 1. The number of benzene rings is 2. The van der Waals surface area contributed by atoms with Crippen molar-refractivity contribution < 1.29 is 14.0 Å². The van der Waals surface area contributed by atoms with E-state index in [0.717, 1.165) is 25.1 Å². The van der Waals surface area contributed by atoms with Gasteiger partial charge < -0.3 is 15.1 Å². The predicted molar refractivity (Wildman–Crippen MR) is 135 cm³/mol. The van der Waals surface area contributed by atoms with Gasteiger partial charge in [-0.25, -0.2) is 4.39 Å². The van der Waals surface area contributed by atoms with Crippen molar-refractivity contribution in [2.75, 3.05) is 25.4 Å². The molecule has 3 unspecified atom stereocenters. The van der Waals surface area contributed by atoms with E-state index in [1.165, 1.54) is 43.2 Å². The number of halogens is 1. The lowest BCUT2D eigenvalue weighted by Crippen LogP contribution is -2.48. The summed E-state index contributed by atoms with van der Waals surface area (Å²) in [6.07, 6.45) is 4.66. The molecule has 0 radical (unpaired) electrons. The molecule has 3 atom stereocenters. The van der Waals surface area contributed by atoms with Crippen LogP contribution < -0.4 is 5.32 Å². The van der Waals surface area contributed by atoms with Crippen molar-refractivity contribution in [3.8, 4) is 0 Å². The first-order valence-electron chi connectivity index (χ1n) is 12.2. The zero-order valence-electron chi connectivity index (χ0n) is 20.0. The highest BCUT2D eigenvalue weighted by atomic mass is 32.2. The normalized spacial score (nSPS) is 23.1. The van der Waals surface area contributed by atoms with Crippen molar-refractivity contribution in [1.82, 2.24) is 15.1 Å². The van der Waals surface area contributed by atoms with Crippen molar-refractivity contribution in [3.05, 3.63) is 71.0 Å². The van der Waals surface area contributed by atoms with Gasteiger partial charge >= 0.3 is 0 Å². The van der Waals surface area contributed by atoms with Gasteiger partial charge in [0, 0.05) is 30.4 Å². The molecule has 2 saturated heterocycles. The average molecular weight is 484 g/mol. The molecule has 34 heavy (non-hydrogen) atoms. The summed E-state index contributed by atoms with van der Waals surface area (Å²) in [7, 11) is 0. The second kappa shape index (κ2) is 11.4. The van der Waals surface area contributed by atoms with Crippen molar-refractivity contribution in [1.29, 1.82) is 0 Å². The number of amides is 2. The molecule has 0 bridgehead atoms. The summed E-state index contributed by atoms with van der Waals surface area (Å²) < 4.78 is 14.0. The first-order chi connectivity index (χ1) is 16.4. The number of nitrogens with one attached hydrogen (secondary N) is 1. The lowest BCUT2D eigenvalue weighted by molar-refractivity contribution is -0.124. The van der Waals surface area contributed by atoms with E-state index in [9.17, 15) is 14.0 Å². The monoisotopic (exact) mass is 483 g/mol. The number of hydrogen-bond acceptors (Lipinski definition) is 4. The maximum Gasteiger partial charge on any atom is 0.255 e. The standard InChI is InChI=1S/C27H34FN3O2S/c1-19-8-5-10-21(16-19)26(33)31-24(18-34-27(31)22-11-6-12-23(28)17-22)25(32)29-13-7-15-30-14-4-3-9-20(30)2/h5-6,8,10-12,16-17,20,24,27H,3-4,7,9,13-15,18H2,1-2H3,(H,29,32). The van der Waals surface area contributed by atoms with Crippen molar-refractivity contribution in [3.63, 3.8) is 0 Å². The summed E-state index contributed by atoms with van der Waals surface area (Å²) >= 11 is 1.51. The third-order valence-electron chi connectivity index (χ3n) is 6.80. The lowest BCUT2D eigenvalue weighted by atomic mass is 10.0. The van der Waals surface area contributed by atoms with Crippen LogP contribution in [0.4, 0.5) is 4.39 Å². The Bertz CT molecular complexity index is 1020. The van der Waals surface area contributed by atoms with Gasteiger partial charge in [0.05, 0.1) is 0 Å². The highest BCUT2D eigenvalue weighted by Crippen LogP contribution is 2.42. The molecule has 5 nitrogen and oxygen atoms in total. The van der Waals surface area contributed by atoms with E-state index in [1.54, 1.807) is 17.0 Å². The second-order valence-electron chi connectivity index (χ2n) is 9.36. The van der Waals surface area contributed by atoms with Gasteiger partial charge in [-0.1, -0.05) is 36.2 Å². The Hall–Kier alpha value is -2.38. The van der Waals surface area contributed by atoms with Gasteiger partial charge in [0.15, 0.2) is 0 Å². The Morgan fingerprint density at radius 1 is 1.15 bits per heavy atom. The number of piperidine rings is 1. The van der Waals surface area contributed by atoms with Crippen LogP contribution in [0.2, 0.25) is 0 Å². The third-order valence-corrected chi connectivity index (χ3v) is 8.12. The maximum atomic E-state index is 14.0. The van der Waals surface area contributed by atoms with Crippen LogP contribution in [0.25, 0.3) is 0 Å². The summed E-state index contributed by atoms with van der Waals surface area (Å²) in [4.78, 5) is 30.9. The zero-order chi connectivity index (χ0) is 24.1. The molecule has 7 heteroatoms. The molecule has 182 valence electrons. The molecule has 0 spiro atoms. The van der Waals surface area contributed by atoms with Gasteiger partial charge in [-0.05, 0) is 69.5 Å². The van der Waals surface area contributed by atoms with Crippen LogP contribution in [0.1, 0.15) is 59.5 Å². The molecule has 2 amide bonds. The van der Waals surface area contributed by atoms with E-state index in [-0.39, 0.29) is 17.6 Å². The molecule has 2 aromatic carbocycles. The van der Waals surface area contributed by atoms with Crippen LogP contribution in [-0.4, -0.2) is 59.1 Å². The van der Waals surface area contributed by atoms with Crippen LogP contribution in [0.5, 0.6) is 0 Å². The van der Waals surface area contributed by atoms with Crippen molar-refractivity contribution >= 4 is 23.6 Å². The highest BCUT2D eigenvalue weighted by Gasteiger charge is 2.42. The number of thioether (sulfide) groups is 1. The largest absolute Gasteiger partial charge is 0.354 e. The Morgan fingerprint density at radius 3 is 2.74 bits per heavy atom. The van der Waals surface area contributed by atoms with E-state index in [0.29, 0.717) is 29.5 Å². The SMILES string of the molecule is Cc1cccc(C(=O)N2C(C(=O)NCCCN3CCCCC3C)CSC2c2cccc(F)c2)c1. The first-order valence-corrected chi connectivity index (χ1v) is 13.3. The van der Waals surface area contributed by atoms with Gasteiger partial charge in [0.1, 0.15) is 17.2 Å². The summed E-state index contributed by atoms with van der Waals surface area (Å²) in [6.45, 7) is 6.89. The van der Waals surface area contributed by atoms with Crippen LogP contribution in [-0.2, 0) is 4.79 Å². The van der Waals surface area contributed by atoms with Gasteiger partial charge in [-0.2, -0.15) is 0 Å². The Kier molecular flexibility index (Phi) is 8.27. The summed E-state index contributed by atoms with van der Waals surface area (Å²) in [5, 5.41) is 2.65. The second-order valence-corrected chi connectivity index (χ2v) is 10.5. The molecule has 2 fully saturated rings. The minimum Gasteiger partial charge on any atom is -0.354 e. The van der Waals surface area contributed by atoms with Gasteiger partial charge in [0.2, 0.25) is 5.91 Å². The van der Waals surface area contributed by atoms with Gasteiger partial charge in [-0.3, -0.25) is 9.59 Å². The first kappa shape index (κ1) is 24.7. The fraction of sp³-hybridized carbons (Fsp3) is 0.481. The van der Waals surface area contributed by atoms with Gasteiger partial charge in [0.25, 0.3) is 5.91 Å². The van der Waals surface area contributed by atoms with E-state index >= 15 is 0 Å². The number of carbonyl (C=O) groups is 2. The molecule has 4 rings (SSSR count).